The van der Waals surface area contributed by atoms with Crippen molar-refractivity contribution in [2.45, 2.75) is 34.2 Å². The minimum absolute atomic E-state index is 0.328. The molecule has 0 atom stereocenters. The van der Waals surface area contributed by atoms with Gasteiger partial charge in [0.15, 0.2) is 0 Å². The molecule has 25 heavy (non-hydrogen) atoms. The Morgan fingerprint density at radius 1 is 1.32 bits per heavy atom. The zero-order valence-electron chi connectivity index (χ0n) is 15.1. The summed E-state index contributed by atoms with van der Waals surface area (Å²) in [6.07, 6.45) is 1.40. The van der Waals surface area contributed by atoms with Crippen LogP contribution in [0.25, 0.3) is 0 Å². The molecule has 5 nitrogen and oxygen atoms in total. The molecule has 0 saturated carbocycles. The molecule has 0 unspecified atom stereocenters. The number of rotatable bonds is 6. The lowest BCUT2D eigenvalue weighted by molar-refractivity contribution is -0.137. The highest BCUT2D eigenvalue weighted by atomic mass is 16.5. The average Bonchev–Trinajstić information content (AvgIpc) is 2.80. The molecule has 5 heteroatoms. The molecule has 0 amide bonds. The number of aromatic nitrogens is 1. The molecule has 0 fully saturated rings. The second-order valence-corrected chi connectivity index (χ2v) is 5.82. The van der Waals surface area contributed by atoms with Crippen LogP contribution >= 0.6 is 0 Å². The minimum Gasteiger partial charge on any atom is -0.463 e. The van der Waals surface area contributed by atoms with Gasteiger partial charge in [-0.3, -0.25) is 0 Å². The summed E-state index contributed by atoms with van der Waals surface area (Å²) < 4.78 is 7.00. The van der Waals surface area contributed by atoms with Gasteiger partial charge in [0.2, 0.25) is 0 Å². The molecule has 1 aromatic carbocycles. The second-order valence-electron chi connectivity index (χ2n) is 5.82. The van der Waals surface area contributed by atoms with Crippen LogP contribution in [-0.2, 0) is 16.1 Å². The van der Waals surface area contributed by atoms with Gasteiger partial charge in [0.25, 0.3) is 0 Å². The lowest BCUT2D eigenvalue weighted by Crippen LogP contribution is -2.10. The normalized spacial score (nSPS) is 11.1. The smallest absolute Gasteiger partial charge is 0.332 e. The first-order chi connectivity index (χ1) is 12.0. The second kappa shape index (κ2) is 8.20. The molecule has 0 spiro atoms. The number of benzene rings is 1. The Bertz CT molecular complexity index is 827. The van der Waals surface area contributed by atoms with Gasteiger partial charge in [0.05, 0.1) is 12.2 Å². The Morgan fingerprint density at radius 3 is 2.60 bits per heavy atom. The quantitative estimate of drug-likeness (QED) is 0.641. The number of nitrogens with one attached hydrogen (secondary N) is 1. The number of carbonyl (C=O) groups excluding carboxylic acids is 1. The highest BCUT2D eigenvalue weighted by molar-refractivity contribution is 5.83. The van der Waals surface area contributed by atoms with Crippen molar-refractivity contribution in [1.29, 1.82) is 5.26 Å². The summed E-state index contributed by atoms with van der Waals surface area (Å²) >= 11 is 0. The van der Waals surface area contributed by atoms with Crippen LogP contribution in [0, 0.1) is 25.2 Å². The van der Waals surface area contributed by atoms with Crippen molar-refractivity contribution in [3.8, 4) is 6.07 Å². The third kappa shape index (κ3) is 4.30. The fraction of sp³-hybridized carbons (Fsp3) is 0.300. The minimum atomic E-state index is -0.402. The standard InChI is InChI=1S/C20H23N3O2/c1-5-25-19(24)11-14(2)22-20-18(12-21)15(3)16(4)23(20)13-17-9-7-6-8-10-17/h6-11,22H,5,13H2,1-4H3/b14-11+. The van der Waals surface area contributed by atoms with Gasteiger partial charge < -0.3 is 14.6 Å². The molecule has 1 aromatic heterocycles. The van der Waals surface area contributed by atoms with E-state index in [1.165, 1.54) is 6.08 Å². The number of carbonyl (C=O) groups is 1. The van der Waals surface area contributed by atoms with Crippen LogP contribution in [0.5, 0.6) is 0 Å². The lowest BCUT2D eigenvalue weighted by Gasteiger charge is -2.14. The van der Waals surface area contributed by atoms with E-state index in [0.717, 1.165) is 16.8 Å². The van der Waals surface area contributed by atoms with Crippen molar-refractivity contribution in [2.24, 2.45) is 0 Å². The van der Waals surface area contributed by atoms with Crippen LogP contribution in [-0.4, -0.2) is 17.1 Å². The van der Waals surface area contributed by atoms with E-state index in [1.807, 2.05) is 44.2 Å². The number of ether oxygens (including phenoxy) is 1. The van der Waals surface area contributed by atoms with Gasteiger partial charge >= 0.3 is 5.97 Å². The number of allylic oxidation sites excluding steroid dienone is 1. The van der Waals surface area contributed by atoms with E-state index in [1.54, 1.807) is 13.8 Å². The summed E-state index contributed by atoms with van der Waals surface area (Å²) in [6.45, 7) is 8.45. The summed E-state index contributed by atoms with van der Waals surface area (Å²) in [5.41, 5.74) is 4.31. The number of nitrogens with zero attached hydrogens (tertiary/aromatic N) is 2. The lowest BCUT2D eigenvalue weighted by atomic mass is 10.2. The van der Waals surface area contributed by atoms with E-state index in [2.05, 4.69) is 16.0 Å². The Morgan fingerprint density at radius 2 is 2.00 bits per heavy atom. The summed E-state index contributed by atoms with van der Waals surface area (Å²) in [5.74, 6) is 0.292. The number of hydrogen-bond acceptors (Lipinski definition) is 4. The van der Waals surface area contributed by atoms with Crippen LogP contribution in [0.2, 0.25) is 0 Å². The van der Waals surface area contributed by atoms with Crippen molar-refractivity contribution in [3.05, 3.63) is 64.5 Å². The van der Waals surface area contributed by atoms with Gasteiger partial charge in [-0.1, -0.05) is 30.3 Å². The summed E-state index contributed by atoms with van der Waals surface area (Å²) in [5, 5.41) is 12.8. The fourth-order valence-electron chi connectivity index (χ4n) is 2.68. The fourth-order valence-corrected chi connectivity index (χ4v) is 2.68. The maximum absolute atomic E-state index is 11.6. The van der Waals surface area contributed by atoms with Gasteiger partial charge in [-0.05, 0) is 38.8 Å². The molecule has 2 aromatic rings. The van der Waals surface area contributed by atoms with Crippen molar-refractivity contribution in [2.75, 3.05) is 11.9 Å². The average molecular weight is 337 g/mol. The maximum atomic E-state index is 11.6. The Labute approximate surface area is 148 Å². The Balaban J connectivity index is 2.40. The highest BCUT2D eigenvalue weighted by Gasteiger charge is 2.18. The third-order valence-electron chi connectivity index (χ3n) is 4.06. The monoisotopic (exact) mass is 337 g/mol. The van der Waals surface area contributed by atoms with E-state index < -0.39 is 5.97 Å². The zero-order valence-corrected chi connectivity index (χ0v) is 15.1. The predicted molar refractivity (Wildman–Crippen MR) is 98.2 cm³/mol. The van der Waals surface area contributed by atoms with Crippen LogP contribution in [0.4, 0.5) is 5.82 Å². The number of anilines is 1. The van der Waals surface area contributed by atoms with Crippen LogP contribution in [0.15, 0.2) is 42.1 Å². The largest absolute Gasteiger partial charge is 0.463 e. The first kappa shape index (κ1) is 18.3. The van der Waals surface area contributed by atoms with Gasteiger partial charge in [-0.2, -0.15) is 5.26 Å². The zero-order chi connectivity index (χ0) is 18.4. The molecule has 0 aliphatic rings. The van der Waals surface area contributed by atoms with E-state index in [-0.39, 0.29) is 0 Å². The van der Waals surface area contributed by atoms with E-state index in [4.69, 9.17) is 4.74 Å². The molecule has 0 aliphatic carbocycles. The molecular formula is C20H23N3O2. The van der Waals surface area contributed by atoms with Crippen molar-refractivity contribution < 1.29 is 9.53 Å². The molecule has 2 rings (SSSR count). The molecule has 0 radical (unpaired) electrons. The van der Waals surface area contributed by atoms with E-state index in [9.17, 15) is 10.1 Å². The summed E-state index contributed by atoms with van der Waals surface area (Å²) in [7, 11) is 0. The molecular weight excluding hydrogens is 314 g/mol. The molecule has 1 N–H and O–H groups in total. The number of nitriles is 1. The molecule has 1 heterocycles. The summed E-state index contributed by atoms with van der Waals surface area (Å²) in [4.78, 5) is 11.6. The first-order valence-electron chi connectivity index (χ1n) is 8.23. The first-order valence-corrected chi connectivity index (χ1v) is 8.23. The van der Waals surface area contributed by atoms with Gasteiger partial charge in [0, 0.05) is 24.0 Å². The molecule has 0 aliphatic heterocycles. The highest BCUT2D eigenvalue weighted by Crippen LogP contribution is 2.28. The van der Waals surface area contributed by atoms with Crippen LogP contribution in [0.3, 0.4) is 0 Å². The number of hydrogen-bond donors (Lipinski definition) is 1. The van der Waals surface area contributed by atoms with E-state index >= 15 is 0 Å². The van der Waals surface area contributed by atoms with Gasteiger partial charge in [-0.15, -0.1) is 0 Å². The van der Waals surface area contributed by atoms with Crippen LogP contribution in [0.1, 0.15) is 36.2 Å². The van der Waals surface area contributed by atoms with Gasteiger partial charge in [-0.25, -0.2) is 4.79 Å². The topological polar surface area (TPSA) is 67.0 Å². The van der Waals surface area contributed by atoms with E-state index in [0.29, 0.717) is 30.2 Å². The predicted octanol–water partition coefficient (Wildman–Crippen LogP) is 3.90. The SMILES string of the molecule is CCOC(=O)/C=C(\C)Nc1c(C#N)c(C)c(C)n1Cc1ccccc1. The molecule has 0 bridgehead atoms. The molecule has 0 saturated heterocycles. The van der Waals surface area contributed by atoms with Crippen molar-refractivity contribution >= 4 is 11.8 Å². The Kier molecular flexibility index (Phi) is 6.02. The van der Waals surface area contributed by atoms with Crippen LogP contribution < -0.4 is 5.32 Å². The third-order valence-corrected chi connectivity index (χ3v) is 4.06. The van der Waals surface area contributed by atoms with Crippen molar-refractivity contribution in [1.82, 2.24) is 4.57 Å². The maximum Gasteiger partial charge on any atom is 0.332 e. The summed E-state index contributed by atoms with van der Waals surface area (Å²) in [6, 6.07) is 12.3. The number of esters is 1. The Hall–Kier alpha value is -3.00. The molecule has 130 valence electrons. The van der Waals surface area contributed by atoms with Crippen molar-refractivity contribution in [3.63, 3.8) is 0 Å². The van der Waals surface area contributed by atoms with Gasteiger partial charge in [0.1, 0.15) is 11.9 Å².